The summed E-state index contributed by atoms with van der Waals surface area (Å²) in [6.07, 6.45) is 1.91. The Kier molecular flexibility index (Phi) is 5.14. The molecule has 0 radical (unpaired) electrons. The van der Waals surface area contributed by atoms with E-state index in [1.54, 1.807) is 20.4 Å². The van der Waals surface area contributed by atoms with Crippen molar-refractivity contribution >= 4 is 27.7 Å². The Balaban J connectivity index is 2.16. The zero-order valence-corrected chi connectivity index (χ0v) is 14.2. The van der Waals surface area contributed by atoms with E-state index in [1.807, 2.05) is 18.2 Å². The Labute approximate surface area is 144 Å². The predicted molar refractivity (Wildman–Crippen MR) is 93.8 cm³/mol. The van der Waals surface area contributed by atoms with E-state index in [0.29, 0.717) is 5.56 Å². The number of aromatic amines is 1. The summed E-state index contributed by atoms with van der Waals surface area (Å²) in [5.41, 5.74) is 2.72. The fourth-order valence-corrected chi connectivity index (χ4v) is 2.90. The number of nitrogens with zero attached hydrogens (tertiary/aromatic N) is 1. The maximum atomic E-state index is 12.5. The van der Waals surface area contributed by atoms with Crippen LogP contribution in [0.15, 0.2) is 24.4 Å². The SMILES string of the molecule is COCc1c(C(=O)NCCCF)ncc2[nH]c3ccc(OC)cc3c12. The third kappa shape index (κ3) is 3.28. The van der Waals surface area contributed by atoms with Gasteiger partial charge in [-0.05, 0) is 24.6 Å². The molecule has 0 fully saturated rings. The van der Waals surface area contributed by atoms with E-state index in [2.05, 4.69) is 15.3 Å². The number of carbonyl (C=O) groups is 1. The van der Waals surface area contributed by atoms with E-state index < -0.39 is 6.67 Å². The van der Waals surface area contributed by atoms with E-state index >= 15 is 0 Å². The minimum Gasteiger partial charge on any atom is -0.497 e. The smallest absolute Gasteiger partial charge is 0.270 e. The number of nitrogens with one attached hydrogen (secondary N) is 2. The molecule has 132 valence electrons. The molecule has 0 aliphatic heterocycles. The van der Waals surface area contributed by atoms with Gasteiger partial charge in [-0.25, -0.2) is 4.98 Å². The van der Waals surface area contributed by atoms with Crippen LogP contribution < -0.4 is 10.1 Å². The van der Waals surface area contributed by atoms with Gasteiger partial charge in [-0.3, -0.25) is 9.18 Å². The number of amides is 1. The van der Waals surface area contributed by atoms with Gasteiger partial charge in [0.15, 0.2) is 0 Å². The van der Waals surface area contributed by atoms with E-state index in [4.69, 9.17) is 9.47 Å². The van der Waals surface area contributed by atoms with Gasteiger partial charge in [-0.2, -0.15) is 0 Å². The number of halogens is 1. The number of hydrogen-bond donors (Lipinski definition) is 2. The third-order valence-corrected chi connectivity index (χ3v) is 4.04. The number of alkyl halides is 1. The van der Waals surface area contributed by atoms with Gasteiger partial charge in [0.05, 0.1) is 32.1 Å². The van der Waals surface area contributed by atoms with Gasteiger partial charge < -0.3 is 19.8 Å². The lowest BCUT2D eigenvalue weighted by atomic mass is 10.1. The minimum absolute atomic E-state index is 0.236. The van der Waals surface area contributed by atoms with Crippen LogP contribution in [0.4, 0.5) is 4.39 Å². The number of rotatable bonds is 7. The molecule has 0 unspecified atom stereocenters. The largest absolute Gasteiger partial charge is 0.497 e. The molecule has 2 aromatic heterocycles. The molecule has 0 aliphatic rings. The number of pyridine rings is 1. The van der Waals surface area contributed by atoms with Gasteiger partial charge in [0.1, 0.15) is 11.4 Å². The number of benzene rings is 1. The molecule has 1 amide bonds. The fraction of sp³-hybridized carbons (Fsp3) is 0.333. The molecule has 3 aromatic rings. The fourth-order valence-electron chi connectivity index (χ4n) is 2.90. The lowest BCUT2D eigenvalue weighted by molar-refractivity contribution is 0.0942. The monoisotopic (exact) mass is 345 g/mol. The summed E-state index contributed by atoms with van der Waals surface area (Å²) in [6.45, 7) is 0.0312. The van der Waals surface area contributed by atoms with Gasteiger partial charge in [0, 0.05) is 35.5 Å². The molecule has 2 N–H and O–H groups in total. The Morgan fingerprint density at radius 1 is 1.32 bits per heavy atom. The van der Waals surface area contributed by atoms with Crippen LogP contribution in [0, 0.1) is 0 Å². The lowest BCUT2D eigenvalue weighted by Gasteiger charge is -2.10. The molecule has 0 aliphatic carbocycles. The predicted octanol–water partition coefficient (Wildman–Crippen LogP) is 2.96. The first-order chi connectivity index (χ1) is 12.2. The van der Waals surface area contributed by atoms with E-state index in [1.165, 1.54) is 0 Å². The van der Waals surface area contributed by atoms with Crippen molar-refractivity contribution < 1.29 is 18.7 Å². The summed E-state index contributed by atoms with van der Waals surface area (Å²) < 4.78 is 22.9. The second-order valence-corrected chi connectivity index (χ2v) is 5.64. The van der Waals surface area contributed by atoms with Crippen molar-refractivity contribution in [2.24, 2.45) is 0 Å². The van der Waals surface area contributed by atoms with Crippen molar-refractivity contribution in [2.75, 3.05) is 27.4 Å². The molecule has 0 atom stereocenters. The Morgan fingerprint density at radius 2 is 2.16 bits per heavy atom. The van der Waals surface area contributed by atoms with Crippen LogP contribution in [0.3, 0.4) is 0 Å². The Morgan fingerprint density at radius 3 is 2.88 bits per heavy atom. The average molecular weight is 345 g/mol. The van der Waals surface area contributed by atoms with E-state index in [0.717, 1.165) is 27.6 Å². The highest BCUT2D eigenvalue weighted by molar-refractivity contribution is 6.11. The van der Waals surface area contributed by atoms with Crippen LogP contribution >= 0.6 is 0 Å². The number of hydrogen-bond acceptors (Lipinski definition) is 4. The van der Waals surface area contributed by atoms with Crippen molar-refractivity contribution in [2.45, 2.75) is 13.0 Å². The maximum absolute atomic E-state index is 12.5. The van der Waals surface area contributed by atoms with Crippen molar-refractivity contribution in [1.82, 2.24) is 15.3 Å². The molecular formula is C18H20FN3O3. The second-order valence-electron chi connectivity index (χ2n) is 5.64. The van der Waals surface area contributed by atoms with Crippen LogP contribution in [-0.4, -0.2) is 43.3 Å². The topological polar surface area (TPSA) is 76.2 Å². The number of methoxy groups -OCH3 is 2. The molecule has 0 bridgehead atoms. The number of aromatic nitrogens is 2. The molecule has 1 aromatic carbocycles. The number of ether oxygens (including phenoxy) is 2. The van der Waals surface area contributed by atoms with Crippen LogP contribution in [0.2, 0.25) is 0 Å². The molecule has 0 spiro atoms. The highest BCUT2D eigenvalue weighted by atomic mass is 19.1. The summed E-state index contributed by atoms with van der Waals surface area (Å²) in [4.78, 5) is 20.0. The summed E-state index contributed by atoms with van der Waals surface area (Å²) in [5, 5.41) is 4.50. The maximum Gasteiger partial charge on any atom is 0.270 e. The third-order valence-electron chi connectivity index (χ3n) is 4.04. The van der Waals surface area contributed by atoms with E-state index in [9.17, 15) is 9.18 Å². The van der Waals surface area contributed by atoms with Gasteiger partial charge in [0.2, 0.25) is 0 Å². The number of carbonyl (C=O) groups excluding carboxylic acids is 1. The molecular weight excluding hydrogens is 325 g/mol. The lowest BCUT2D eigenvalue weighted by Crippen LogP contribution is -2.27. The molecule has 7 heteroatoms. The number of H-pyrrole nitrogens is 1. The molecule has 3 rings (SSSR count). The Bertz CT molecular complexity index is 907. The first-order valence-electron chi connectivity index (χ1n) is 8.00. The van der Waals surface area contributed by atoms with Crippen LogP contribution in [0.25, 0.3) is 21.8 Å². The zero-order valence-electron chi connectivity index (χ0n) is 14.2. The van der Waals surface area contributed by atoms with Crippen LogP contribution in [0.1, 0.15) is 22.5 Å². The minimum atomic E-state index is -0.472. The first-order valence-corrected chi connectivity index (χ1v) is 8.00. The van der Waals surface area contributed by atoms with Crippen molar-refractivity contribution in [3.63, 3.8) is 0 Å². The normalized spacial score (nSPS) is 11.2. The van der Waals surface area contributed by atoms with Gasteiger partial charge in [-0.1, -0.05) is 0 Å². The van der Waals surface area contributed by atoms with Crippen molar-refractivity contribution in [3.8, 4) is 5.75 Å². The first kappa shape index (κ1) is 17.2. The summed E-state index contributed by atoms with van der Waals surface area (Å²) in [6, 6.07) is 5.70. The van der Waals surface area contributed by atoms with Crippen molar-refractivity contribution in [3.05, 3.63) is 35.7 Å². The quantitative estimate of drug-likeness (QED) is 0.646. The highest BCUT2D eigenvalue weighted by Crippen LogP contribution is 2.32. The average Bonchev–Trinajstić information content (AvgIpc) is 3.00. The van der Waals surface area contributed by atoms with Gasteiger partial charge in [0.25, 0.3) is 5.91 Å². The summed E-state index contributed by atoms with van der Waals surface area (Å²) in [7, 11) is 3.18. The summed E-state index contributed by atoms with van der Waals surface area (Å²) in [5.74, 6) is 0.391. The van der Waals surface area contributed by atoms with Crippen LogP contribution in [0.5, 0.6) is 5.75 Å². The standard InChI is InChI=1S/C18H20FN3O3/c1-24-10-13-16-12-8-11(25-2)4-5-14(12)22-15(16)9-21-17(13)18(23)20-7-3-6-19/h4-5,8-9,22H,3,6-7,10H2,1-2H3,(H,20,23). The van der Waals surface area contributed by atoms with Gasteiger partial charge >= 0.3 is 0 Å². The number of fused-ring (bicyclic) bond motifs is 3. The molecule has 0 saturated carbocycles. The highest BCUT2D eigenvalue weighted by Gasteiger charge is 2.19. The van der Waals surface area contributed by atoms with Crippen LogP contribution in [-0.2, 0) is 11.3 Å². The van der Waals surface area contributed by atoms with Gasteiger partial charge in [-0.15, -0.1) is 0 Å². The molecule has 0 saturated heterocycles. The summed E-state index contributed by atoms with van der Waals surface area (Å²) >= 11 is 0. The molecule has 2 heterocycles. The Hall–Kier alpha value is -2.67. The second kappa shape index (κ2) is 7.48. The molecule has 25 heavy (non-hydrogen) atoms. The molecule has 6 nitrogen and oxygen atoms in total. The zero-order chi connectivity index (χ0) is 17.8. The van der Waals surface area contributed by atoms with Crippen molar-refractivity contribution in [1.29, 1.82) is 0 Å². The van der Waals surface area contributed by atoms with E-state index in [-0.39, 0.29) is 31.2 Å².